The van der Waals surface area contributed by atoms with Crippen molar-refractivity contribution in [2.75, 3.05) is 7.11 Å². The van der Waals surface area contributed by atoms with E-state index < -0.39 is 5.60 Å². The van der Waals surface area contributed by atoms with Crippen LogP contribution in [0.4, 0.5) is 0 Å². The average Bonchev–Trinajstić information content (AvgIpc) is 2.55. The summed E-state index contributed by atoms with van der Waals surface area (Å²) in [5, 5.41) is 3.45. The van der Waals surface area contributed by atoms with Crippen molar-refractivity contribution in [1.29, 1.82) is 0 Å². The number of ether oxygens (including phenoxy) is 2. The molecule has 1 heterocycles. The summed E-state index contributed by atoms with van der Waals surface area (Å²) in [7, 11) is 1.56. The molecular formula is C17H19ClN2O3. The largest absolute Gasteiger partial charge is 0.481 e. The molecule has 0 saturated heterocycles. The molecule has 5 nitrogen and oxygen atoms in total. The number of nitrogens with zero attached hydrogens (tertiary/aromatic N) is 1. The summed E-state index contributed by atoms with van der Waals surface area (Å²) in [4.78, 5) is 16.4. The molecule has 0 spiro atoms. The van der Waals surface area contributed by atoms with Crippen molar-refractivity contribution in [2.24, 2.45) is 0 Å². The van der Waals surface area contributed by atoms with Crippen LogP contribution in [0, 0.1) is 0 Å². The molecule has 2 rings (SSSR count). The Balaban J connectivity index is 1.93. The molecule has 1 aromatic carbocycles. The fourth-order valence-corrected chi connectivity index (χ4v) is 2.00. The highest BCUT2D eigenvalue weighted by Crippen LogP contribution is 2.21. The second-order valence-corrected chi connectivity index (χ2v) is 5.89. The molecule has 1 amide bonds. The number of nitrogens with one attached hydrogen (secondary N) is 1. The van der Waals surface area contributed by atoms with Gasteiger partial charge in [0.1, 0.15) is 5.75 Å². The normalized spacial score (nSPS) is 11.0. The standard InChI is InChI=1S/C17H19ClN2O3/c1-17(2,23-14-7-5-13(18)6-8-14)16(21)20-11-12-4-9-15(22-3)19-10-12/h4-10H,11H2,1-3H3,(H,20,21). The molecule has 0 bridgehead atoms. The van der Waals surface area contributed by atoms with Gasteiger partial charge in [-0.05, 0) is 43.7 Å². The monoisotopic (exact) mass is 334 g/mol. The van der Waals surface area contributed by atoms with Crippen molar-refractivity contribution in [1.82, 2.24) is 10.3 Å². The van der Waals surface area contributed by atoms with Crippen LogP contribution in [0.3, 0.4) is 0 Å². The van der Waals surface area contributed by atoms with E-state index in [0.717, 1.165) is 5.56 Å². The Labute approximate surface area is 140 Å². The highest BCUT2D eigenvalue weighted by Gasteiger charge is 2.29. The van der Waals surface area contributed by atoms with Crippen molar-refractivity contribution in [3.05, 3.63) is 53.2 Å². The Morgan fingerprint density at radius 1 is 1.22 bits per heavy atom. The number of aromatic nitrogens is 1. The molecule has 122 valence electrons. The smallest absolute Gasteiger partial charge is 0.263 e. The minimum Gasteiger partial charge on any atom is -0.481 e. The molecule has 0 atom stereocenters. The molecule has 1 aromatic heterocycles. The van der Waals surface area contributed by atoms with Crippen molar-refractivity contribution < 1.29 is 14.3 Å². The number of amides is 1. The van der Waals surface area contributed by atoms with Gasteiger partial charge in [-0.15, -0.1) is 0 Å². The molecule has 6 heteroatoms. The van der Waals surface area contributed by atoms with Gasteiger partial charge in [-0.1, -0.05) is 17.7 Å². The number of benzene rings is 1. The third-order valence-corrected chi connectivity index (χ3v) is 3.45. The summed E-state index contributed by atoms with van der Waals surface area (Å²) in [6.45, 7) is 3.79. The van der Waals surface area contributed by atoms with E-state index in [2.05, 4.69) is 10.3 Å². The quantitative estimate of drug-likeness (QED) is 0.881. The number of pyridine rings is 1. The van der Waals surface area contributed by atoms with Crippen molar-refractivity contribution >= 4 is 17.5 Å². The zero-order valence-electron chi connectivity index (χ0n) is 13.3. The first-order chi connectivity index (χ1) is 10.9. The van der Waals surface area contributed by atoms with Crippen LogP contribution in [-0.2, 0) is 11.3 Å². The molecule has 0 aliphatic heterocycles. The fraction of sp³-hybridized carbons (Fsp3) is 0.294. The topological polar surface area (TPSA) is 60.5 Å². The molecule has 0 aliphatic rings. The van der Waals surface area contributed by atoms with Crippen LogP contribution in [-0.4, -0.2) is 23.6 Å². The molecule has 0 unspecified atom stereocenters. The van der Waals surface area contributed by atoms with E-state index in [9.17, 15) is 4.79 Å². The molecule has 23 heavy (non-hydrogen) atoms. The van der Waals surface area contributed by atoms with Crippen LogP contribution >= 0.6 is 11.6 Å². The van der Waals surface area contributed by atoms with Gasteiger partial charge in [-0.2, -0.15) is 0 Å². The van der Waals surface area contributed by atoms with E-state index in [1.807, 2.05) is 6.07 Å². The van der Waals surface area contributed by atoms with E-state index in [1.54, 1.807) is 57.5 Å². The first-order valence-corrected chi connectivity index (χ1v) is 7.50. The molecule has 0 saturated carbocycles. The van der Waals surface area contributed by atoms with E-state index in [0.29, 0.717) is 23.2 Å². The SMILES string of the molecule is COc1ccc(CNC(=O)C(C)(C)Oc2ccc(Cl)cc2)cn1. The lowest BCUT2D eigenvalue weighted by atomic mass is 10.1. The van der Waals surface area contributed by atoms with Crippen LogP contribution < -0.4 is 14.8 Å². The van der Waals surface area contributed by atoms with Gasteiger partial charge in [0, 0.05) is 23.8 Å². The minimum atomic E-state index is -1.01. The zero-order chi connectivity index (χ0) is 16.9. The van der Waals surface area contributed by atoms with E-state index in [1.165, 1.54) is 0 Å². The number of methoxy groups -OCH3 is 1. The van der Waals surface area contributed by atoms with Crippen LogP contribution in [0.1, 0.15) is 19.4 Å². The maximum Gasteiger partial charge on any atom is 0.263 e. The Morgan fingerprint density at radius 3 is 2.48 bits per heavy atom. The first kappa shape index (κ1) is 17.1. The van der Waals surface area contributed by atoms with Crippen LogP contribution in [0.5, 0.6) is 11.6 Å². The summed E-state index contributed by atoms with van der Waals surface area (Å²) in [6.07, 6.45) is 1.66. The van der Waals surface area contributed by atoms with Gasteiger partial charge in [0.05, 0.1) is 7.11 Å². The number of hydrogen-bond acceptors (Lipinski definition) is 4. The van der Waals surface area contributed by atoms with Crippen LogP contribution in [0.2, 0.25) is 5.02 Å². The highest BCUT2D eigenvalue weighted by atomic mass is 35.5. The van der Waals surface area contributed by atoms with E-state index in [4.69, 9.17) is 21.1 Å². The molecule has 0 aliphatic carbocycles. The molecule has 0 fully saturated rings. The summed E-state index contributed by atoms with van der Waals surface area (Å²) >= 11 is 5.83. The summed E-state index contributed by atoms with van der Waals surface area (Å²) in [5.74, 6) is 0.899. The molecular weight excluding hydrogens is 316 g/mol. The minimum absolute atomic E-state index is 0.219. The van der Waals surface area contributed by atoms with Crippen molar-refractivity contribution in [2.45, 2.75) is 26.0 Å². The lowest BCUT2D eigenvalue weighted by Crippen LogP contribution is -2.46. The second-order valence-electron chi connectivity index (χ2n) is 5.46. The van der Waals surface area contributed by atoms with Gasteiger partial charge in [-0.25, -0.2) is 4.98 Å². The Kier molecular flexibility index (Phi) is 5.45. The molecule has 2 aromatic rings. The maximum atomic E-state index is 12.3. The number of carbonyl (C=O) groups is 1. The van der Waals surface area contributed by atoms with E-state index in [-0.39, 0.29) is 5.91 Å². The van der Waals surface area contributed by atoms with Crippen molar-refractivity contribution in [3.8, 4) is 11.6 Å². The zero-order valence-corrected chi connectivity index (χ0v) is 14.1. The fourth-order valence-electron chi connectivity index (χ4n) is 1.88. The summed E-state index contributed by atoms with van der Waals surface area (Å²) in [5.41, 5.74) is -0.130. The van der Waals surface area contributed by atoms with Crippen LogP contribution in [0.15, 0.2) is 42.6 Å². The first-order valence-electron chi connectivity index (χ1n) is 7.12. The number of carbonyl (C=O) groups excluding carboxylic acids is 1. The van der Waals surface area contributed by atoms with Gasteiger partial charge in [0.25, 0.3) is 5.91 Å². The van der Waals surface area contributed by atoms with Crippen LogP contribution in [0.25, 0.3) is 0 Å². The predicted octanol–water partition coefficient (Wildman–Crippen LogP) is 3.22. The summed E-state index contributed by atoms with van der Waals surface area (Å²) < 4.78 is 10.7. The summed E-state index contributed by atoms with van der Waals surface area (Å²) in [6, 6.07) is 10.5. The lowest BCUT2D eigenvalue weighted by Gasteiger charge is -2.25. The lowest BCUT2D eigenvalue weighted by molar-refractivity contribution is -0.134. The Bertz CT molecular complexity index is 655. The second kappa shape index (κ2) is 7.33. The van der Waals surface area contributed by atoms with E-state index >= 15 is 0 Å². The number of rotatable bonds is 6. The van der Waals surface area contributed by atoms with Gasteiger partial charge in [-0.3, -0.25) is 4.79 Å². The predicted molar refractivity (Wildman–Crippen MR) is 88.8 cm³/mol. The van der Waals surface area contributed by atoms with Gasteiger partial charge in [0.15, 0.2) is 5.60 Å². The Morgan fingerprint density at radius 2 is 1.91 bits per heavy atom. The maximum absolute atomic E-state index is 12.3. The van der Waals surface area contributed by atoms with Gasteiger partial charge >= 0.3 is 0 Å². The molecule has 0 radical (unpaired) electrons. The molecule has 1 N–H and O–H groups in total. The highest BCUT2D eigenvalue weighted by molar-refractivity contribution is 6.30. The van der Waals surface area contributed by atoms with Crippen molar-refractivity contribution in [3.63, 3.8) is 0 Å². The number of halogens is 1. The average molecular weight is 335 g/mol. The van der Waals surface area contributed by atoms with Gasteiger partial charge < -0.3 is 14.8 Å². The third-order valence-electron chi connectivity index (χ3n) is 3.19. The Hall–Kier alpha value is -2.27. The third kappa shape index (κ3) is 4.86. The van der Waals surface area contributed by atoms with Gasteiger partial charge in [0.2, 0.25) is 5.88 Å². The number of hydrogen-bond donors (Lipinski definition) is 1.